The van der Waals surface area contributed by atoms with Gasteiger partial charge >= 0.3 is 0 Å². The normalized spacial score (nSPS) is 10.8. The molecule has 0 aliphatic rings. The first kappa shape index (κ1) is 11.8. The van der Waals surface area contributed by atoms with Gasteiger partial charge in [-0.2, -0.15) is 0 Å². The first-order valence-corrected chi connectivity index (χ1v) is 6.15. The van der Waals surface area contributed by atoms with Gasteiger partial charge in [0.05, 0.1) is 0 Å². The van der Waals surface area contributed by atoms with Gasteiger partial charge in [-0.05, 0) is 29.8 Å². The lowest BCUT2D eigenvalue weighted by molar-refractivity contribution is 0.251. The minimum atomic E-state index is -0.0884. The number of furan rings is 1. The summed E-state index contributed by atoms with van der Waals surface area (Å²) >= 11 is 0. The zero-order chi connectivity index (χ0) is 13.1. The predicted octanol–water partition coefficient (Wildman–Crippen LogP) is 3.50. The second-order valence-corrected chi connectivity index (χ2v) is 4.34. The summed E-state index contributed by atoms with van der Waals surface area (Å²) in [6.45, 7) is 0.450. The third kappa shape index (κ3) is 2.61. The number of aliphatic hydroxyl groups excluding tert-OH is 1. The van der Waals surface area contributed by atoms with Crippen molar-refractivity contribution in [3.8, 4) is 5.75 Å². The molecule has 3 rings (SSSR count). The highest BCUT2D eigenvalue weighted by molar-refractivity contribution is 5.79. The molecule has 3 aromatic rings. The largest absolute Gasteiger partial charge is 0.489 e. The number of aliphatic hydroxyl groups is 1. The molecular formula is C16H14O3. The van der Waals surface area contributed by atoms with Gasteiger partial charge in [0, 0.05) is 5.39 Å². The summed E-state index contributed by atoms with van der Waals surface area (Å²) < 4.78 is 11.2. The van der Waals surface area contributed by atoms with Gasteiger partial charge in [-0.25, -0.2) is 0 Å². The first-order chi connectivity index (χ1) is 9.35. The van der Waals surface area contributed by atoms with Crippen molar-refractivity contribution in [3.05, 3.63) is 65.9 Å². The number of fused-ring (bicyclic) bond motifs is 1. The molecule has 0 fully saturated rings. The molecule has 0 radical (unpaired) electrons. The Morgan fingerprint density at radius 3 is 2.63 bits per heavy atom. The van der Waals surface area contributed by atoms with Gasteiger partial charge in [0.2, 0.25) is 0 Å². The minimum absolute atomic E-state index is 0.0884. The Bertz CT molecular complexity index is 671. The number of hydrogen-bond acceptors (Lipinski definition) is 3. The molecular weight excluding hydrogens is 240 g/mol. The van der Waals surface area contributed by atoms with Crippen LogP contribution in [0, 0.1) is 0 Å². The molecule has 0 aliphatic heterocycles. The maximum atomic E-state index is 9.03. The van der Waals surface area contributed by atoms with Crippen LogP contribution in [0.2, 0.25) is 0 Å². The lowest BCUT2D eigenvalue weighted by Crippen LogP contribution is -1.94. The third-order valence-electron chi connectivity index (χ3n) is 2.94. The topological polar surface area (TPSA) is 42.6 Å². The maximum Gasteiger partial charge on any atom is 0.134 e. The zero-order valence-corrected chi connectivity index (χ0v) is 10.4. The summed E-state index contributed by atoms with van der Waals surface area (Å²) in [4.78, 5) is 0. The Morgan fingerprint density at radius 1 is 1.00 bits per heavy atom. The molecule has 1 aromatic heterocycles. The van der Waals surface area contributed by atoms with E-state index in [1.807, 2.05) is 54.6 Å². The molecule has 0 bridgehead atoms. The molecule has 1 N–H and O–H groups in total. The smallest absolute Gasteiger partial charge is 0.134 e. The molecule has 0 amide bonds. The first-order valence-electron chi connectivity index (χ1n) is 6.15. The second-order valence-electron chi connectivity index (χ2n) is 4.34. The summed E-state index contributed by atoms with van der Waals surface area (Å²) in [5.74, 6) is 1.36. The maximum absolute atomic E-state index is 9.03. The van der Waals surface area contributed by atoms with Crippen molar-refractivity contribution in [1.82, 2.24) is 0 Å². The number of hydrogen-bond donors (Lipinski definition) is 1. The van der Waals surface area contributed by atoms with Gasteiger partial charge in [-0.1, -0.05) is 30.3 Å². The lowest BCUT2D eigenvalue weighted by atomic mass is 10.2. The monoisotopic (exact) mass is 254 g/mol. The van der Waals surface area contributed by atoms with Crippen LogP contribution in [-0.4, -0.2) is 5.11 Å². The number of ether oxygens (including phenoxy) is 1. The Hall–Kier alpha value is -2.26. The van der Waals surface area contributed by atoms with E-state index in [1.54, 1.807) is 0 Å². The van der Waals surface area contributed by atoms with Gasteiger partial charge in [0.15, 0.2) is 0 Å². The fourth-order valence-electron chi connectivity index (χ4n) is 1.99. The molecule has 0 unspecified atom stereocenters. The van der Waals surface area contributed by atoms with E-state index in [-0.39, 0.29) is 6.61 Å². The minimum Gasteiger partial charge on any atom is -0.489 e. The molecule has 96 valence electrons. The highest BCUT2D eigenvalue weighted by Gasteiger charge is 2.04. The van der Waals surface area contributed by atoms with Crippen molar-refractivity contribution >= 4 is 11.0 Å². The average Bonchev–Trinajstić information content (AvgIpc) is 2.88. The van der Waals surface area contributed by atoms with E-state index in [0.29, 0.717) is 12.4 Å². The number of benzene rings is 2. The summed E-state index contributed by atoms with van der Waals surface area (Å²) in [5, 5.41) is 9.97. The van der Waals surface area contributed by atoms with E-state index in [4.69, 9.17) is 14.3 Å². The molecule has 3 heteroatoms. The zero-order valence-electron chi connectivity index (χ0n) is 10.4. The van der Waals surface area contributed by atoms with E-state index in [0.717, 1.165) is 22.3 Å². The van der Waals surface area contributed by atoms with Crippen molar-refractivity contribution < 1.29 is 14.3 Å². The molecule has 1 heterocycles. The fraction of sp³-hybridized carbons (Fsp3) is 0.125. The van der Waals surface area contributed by atoms with E-state index in [1.165, 1.54) is 0 Å². The molecule has 0 saturated heterocycles. The fourth-order valence-corrected chi connectivity index (χ4v) is 1.99. The molecule has 2 aromatic carbocycles. The molecule has 0 atom stereocenters. The van der Waals surface area contributed by atoms with Crippen LogP contribution >= 0.6 is 0 Å². The van der Waals surface area contributed by atoms with Gasteiger partial charge in [-0.15, -0.1) is 0 Å². The van der Waals surface area contributed by atoms with Gasteiger partial charge < -0.3 is 14.3 Å². The Balaban J connectivity index is 1.78. The van der Waals surface area contributed by atoms with Gasteiger partial charge in [0.1, 0.15) is 30.3 Å². The Kier molecular flexibility index (Phi) is 3.21. The van der Waals surface area contributed by atoms with Crippen LogP contribution in [0.5, 0.6) is 5.75 Å². The van der Waals surface area contributed by atoms with Crippen molar-refractivity contribution in [2.24, 2.45) is 0 Å². The van der Waals surface area contributed by atoms with Crippen molar-refractivity contribution in [2.75, 3.05) is 0 Å². The van der Waals surface area contributed by atoms with Crippen molar-refractivity contribution in [1.29, 1.82) is 0 Å². The third-order valence-corrected chi connectivity index (χ3v) is 2.94. The van der Waals surface area contributed by atoms with Crippen molar-refractivity contribution in [3.63, 3.8) is 0 Å². The lowest BCUT2D eigenvalue weighted by Gasteiger charge is -2.05. The van der Waals surface area contributed by atoms with Crippen LogP contribution in [0.1, 0.15) is 11.3 Å². The van der Waals surface area contributed by atoms with E-state index in [2.05, 4.69) is 0 Å². The second kappa shape index (κ2) is 5.16. The summed E-state index contributed by atoms with van der Waals surface area (Å²) in [6, 6.07) is 17.5. The predicted molar refractivity (Wildman–Crippen MR) is 72.9 cm³/mol. The molecule has 0 aliphatic carbocycles. The SMILES string of the molecule is OCc1cc2cc(OCc3ccccc3)ccc2o1. The molecule has 0 saturated carbocycles. The summed E-state index contributed by atoms with van der Waals surface area (Å²) in [7, 11) is 0. The van der Waals surface area contributed by atoms with Crippen LogP contribution in [0.25, 0.3) is 11.0 Å². The van der Waals surface area contributed by atoms with E-state index < -0.39 is 0 Å². The number of rotatable bonds is 4. The van der Waals surface area contributed by atoms with Crippen molar-refractivity contribution in [2.45, 2.75) is 13.2 Å². The van der Waals surface area contributed by atoms with Gasteiger partial charge in [0.25, 0.3) is 0 Å². The molecule has 19 heavy (non-hydrogen) atoms. The average molecular weight is 254 g/mol. The highest BCUT2D eigenvalue weighted by Crippen LogP contribution is 2.24. The van der Waals surface area contributed by atoms with Gasteiger partial charge in [-0.3, -0.25) is 0 Å². The quantitative estimate of drug-likeness (QED) is 0.774. The van der Waals surface area contributed by atoms with Crippen LogP contribution < -0.4 is 4.74 Å². The molecule has 3 nitrogen and oxygen atoms in total. The van der Waals surface area contributed by atoms with Crippen LogP contribution in [0.15, 0.2) is 59.0 Å². The standard InChI is InChI=1S/C16H14O3/c17-10-15-9-13-8-14(6-7-16(13)19-15)18-11-12-4-2-1-3-5-12/h1-9,17H,10-11H2. The van der Waals surface area contributed by atoms with E-state index in [9.17, 15) is 0 Å². The summed E-state index contributed by atoms with van der Waals surface area (Å²) in [5.41, 5.74) is 1.89. The van der Waals surface area contributed by atoms with E-state index >= 15 is 0 Å². The van der Waals surface area contributed by atoms with Crippen LogP contribution in [0.4, 0.5) is 0 Å². The summed E-state index contributed by atoms with van der Waals surface area (Å²) in [6.07, 6.45) is 0. The van der Waals surface area contributed by atoms with Crippen LogP contribution in [0.3, 0.4) is 0 Å². The Labute approximate surface area is 111 Å². The molecule has 0 spiro atoms. The van der Waals surface area contributed by atoms with Crippen LogP contribution in [-0.2, 0) is 13.2 Å². The Morgan fingerprint density at radius 2 is 1.84 bits per heavy atom. The highest BCUT2D eigenvalue weighted by atomic mass is 16.5.